The van der Waals surface area contributed by atoms with Gasteiger partial charge in [-0.25, -0.2) is 0 Å². The number of benzene rings is 2. The van der Waals surface area contributed by atoms with Gasteiger partial charge in [-0.3, -0.25) is 9.78 Å². The molecule has 4 rings (SSSR count). The lowest BCUT2D eigenvalue weighted by Gasteiger charge is -2.19. The molecule has 142 valence electrons. The molecule has 1 aromatic heterocycles. The summed E-state index contributed by atoms with van der Waals surface area (Å²) in [7, 11) is 1.58. The van der Waals surface area contributed by atoms with Crippen LogP contribution in [0.2, 0.25) is 5.02 Å². The number of rotatable bonds is 5. The normalized spacial score (nSPS) is 14.4. The number of carbonyl (C=O) groups is 1. The lowest BCUT2D eigenvalue weighted by atomic mass is 10.0. The Labute approximate surface area is 168 Å². The Bertz CT molecular complexity index is 1010. The van der Waals surface area contributed by atoms with E-state index in [1.165, 1.54) is 0 Å². The summed E-state index contributed by atoms with van der Waals surface area (Å²) < 4.78 is 5.15. The van der Waals surface area contributed by atoms with E-state index < -0.39 is 0 Å². The zero-order valence-electron chi connectivity index (χ0n) is 15.4. The molecule has 0 aliphatic heterocycles. The Kier molecular flexibility index (Phi) is 4.69. The second kappa shape index (κ2) is 7.17. The largest absolute Gasteiger partial charge is 0.495 e. The van der Waals surface area contributed by atoms with E-state index in [0.29, 0.717) is 27.7 Å². The lowest BCUT2D eigenvalue weighted by Crippen LogP contribution is -2.34. The molecular weight excluding hydrogens is 374 g/mol. The summed E-state index contributed by atoms with van der Waals surface area (Å²) >= 11 is 5.90. The molecule has 1 saturated carbocycles. The zero-order valence-corrected chi connectivity index (χ0v) is 16.2. The number of hydrogen-bond donors (Lipinski definition) is 2. The van der Waals surface area contributed by atoms with Crippen molar-refractivity contribution in [2.24, 2.45) is 0 Å². The van der Waals surface area contributed by atoms with Crippen molar-refractivity contribution in [3.63, 3.8) is 0 Å². The summed E-state index contributed by atoms with van der Waals surface area (Å²) in [6.07, 6.45) is 3.47. The lowest BCUT2D eigenvalue weighted by molar-refractivity contribution is 0.0931. The number of anilines is 1. The van der Waals surface area contributed by atoms with Gasteiger partial charge in [0.1, 0.15) is 5.75 Å². The average molecular weight is 394 g/mol. The first-order valence-corrected chi connectivity index (χ1v) is 9.37. The third-order valence-corrected chi connectivity index (χ3v) is 5.30. The van der Waals surface area contributed by atoms with Crippen LogP contribution in [0.4, 0.5) is 5.69 Å². The third kappa shape index (κ3) is 3.53. The Balaban J connectivity index is 1.53. The number of aromatic nitrogens is 1. The van der Waals surface area contributed by atoms with Gasteiger partial charge >= 0.3 is 0 Å². The molecule has 5 nitrogen and oxygen atoms in total. The number of hydrogen-bond acceptors (Lipinski definition) is 4. The number of carbonyl (C=O) groups excluding carboxylic acids is 1. The molecule has 3 N–H and O–H groups in total. The highest BCUT2D eigenvalue weighted by Gasteiger charge is 2.45. The topological polar surface area (TPSA) is 77.2 Å². The number of nitrogens with zero attached hydrogens (tertiary/aromatic N) is 1. The third-order valence-electron chi connectivity index (χ3n) is 5.05. The van der Waals surface area contributed by atoms with Crippen molar-refractivity contribution in [1.82, 2.24) is 10.3 Å². The Morgan fingerprint density at radius 1 is 1.14 bits per heavy atom. The molecule has 0 spiro atoms. The highest BCUT2D eigenvalue weighted by atomic mass is 35.5. The van der Waals surface area contributed by atoms with Gasteiger partial charge in [-0.2, -0.15) is 0 Å². The average Bonchev–Trinajstić information content (AvgIpc) is 3.49. The molecule has 2 aromatic carbocycles. The first-order valence-electron chi connectivity index (χ1n) is 8.99. The van der Waals surface area contributed by atoms with Crippen LogP contribution in [0.15, 0.2) is 60.8 Å². The van der Waals surface area contributed by atoms with Crippen molar-refractivity contribution in [3.05, 3.63) is 76.9 Å². The van der Waals surface area contributed by atoms with Crippen LogP contribution >= 0.6 is 11.6 Å². The summed E-state index contributed by atoms with van der Waals surface area (Å²) in [5.41, 5.74) is 9.65. The van der Waals surface area contributed by atoms with Crippen LogP contribution in [0.3, 0.4) is 0 Å². The zero-order chi connectivity index (χ0) is 19.7. The molecule has 0 saturated heterocycles. The smallest absolute Gasteiger partial charge is 0.251 e. The van der Waals surface area contributed by atoms with Crippen LogP contribution in [-0.2, 0) is 5.54 Å². The van der Waals surface area contributed by atoms with Crippen molar-refractivity contribution in [1.29, 1.82) is 0 Å². The summed E-state index contributed by atoms with van der Waals surface area (Å²) in [6.45, 7) is 0. The number of nitrogen functional groups attached to an aromatic ring is 1. The first kappa shape index (κ1) is 18.3. The minimum Gasteiger partial charge on any atom is -0.495 e. The highest BCUT2D eigenvalue weighted by Crippen LogP contribution is 2.46. The summed E-state index contributed by atoms with van der Waals surface area (Å²) in [4.78, 5) is 17.0. The summed E-state index contributed by atoms with van der Waals surface area (Å²) in [6, 6.07) is 16.7. The minimum absolute atomic E-state index is 0.0979. The molecule has 28 heavy (non-hydrogen) atoms. The number of nitrogens with two attached hydrogens (primary N) is 1. The van der Waals surface area contributed by atoms with Crippen molar-refractivity contribution < 1.29 is 9.53 Å². The molecule has 6 heteroatoms. The number of halogens is 1. The number of amides is 1. The number of ether oxygens (including phenoxy) is 1. The fourth-order valence-corrected chi connectivity index (χ4v) is 3.39. The molecular formula is C22H20ClN3O2. The first-order chi connectivity index (χ1) is 13.5. The molecule has 0 unspecified atom stereocenters. The van der Waals surface area contributed by atoms with Crippen molar-refractivity contribution >= 4 is 23.2 Å². The molecule has 0 radical (unpaired) electrons. The van der Waals surface area contributed by atoms with Crippen LogP contribution in [-0.4, -0.2) is 18.0 Å². The molecule has 1 heterocycles. The van der Waals surface area contributed by atoms with Gasteiger partial charge in [0.05, 0.1) is 30.2 Å². The van der Waals surface area contributed by atoms with Gasteiger partial charge < -0.3 is 15.8 Å². The van der Waals surface area contributed by atoms with E-state index in [1.807, 2.05) is 24.3 Å². The molecule has 1 amide bonds. The monoisotopic (exact) mass is 393 g/mol. The molecule has 1 aliphatic carbocycles. The predicted molar refractivity (Wildman–Crippen MR) is 110 cm³/mol. The summed E-state index contributed by atoms with van der Waals surface area (Å²) in [5.74, 6) is 0.527. The molecule has 0 bridgehead atoms. The second-order valence-corrected chi connectivity index (χ2v) is 7.37. The second-order valence-electron chi connectivity index (χ2n) is 6.93. The van der Waals surface area contributed by atoms with Gasteiger partial charge in [0.15, 0.2) is 0 Å². The number of pyridine rings is 1. The maximum Gasteiger partial charge on any atom is 0.251 e. The quantitative estimate of drug-likeness (QED) is 0.673. The van der Waals surface area contributed by atoms with Crippen LogP contribution in [0.25, 0.3) is 11.3 Å². The van der Waals surface area contributed by atoms with Crippen molar-refractivity contribution in [2.45, 2.75) is 18.4 Å². The number of methoxy groups -OCH3 is 1. The van der Waals surface area contributed by atoms with E-state index in [0.717, 1.165) is 24.0 Å². The van der Waals surface area contributed by atoms with Gasteiger partial charge in [0, 0.05) is 22.2 Å². The van der Waals surface area contributed by atoms with Crippen LogP contribution in [0, 0.1) is 0 Å². The maximum absolute atomic E-state index is 12.6. The predicted octanol–water partition coefficient (Wildman–Crippen LogP) is 4.41. The molecule has 3 aromatic rings. The Morgan fingerprint density at radius 3 is 2.39 bits per heavy atom. The van der Waals surface area contributed by atoms with Crippen molar-refractivity contribution in [2.75, 3.05) is 12.8 Å². The van der Waals surface area contributed by atoms with E-state index in [-0.39, 0.29) is 11.4 Å². The van der Waals surface area contributed by atoms with Gasteiger partial charge in [0.25, 0.3) is 5.91 Å². The van der Waals surface area contributed by atoms with Gasteiger partial charge in [-0.15, -0.1) is 0 Å². The van der Waals surface area contributed by atoms with E-state index in [1.54, 1.807) is 43.6 Å². The fraction of sp³-hybridized carbons (Fsp3) is 0.182. The highest BCUT2D eigenvalue weighted by molar-refractivity contribution is 6.30. The summed E-state index contributed by atoms with van der Waals surface area (Å²) in [5, 5.41) is 3.78. The standard InChI is InChI=1S/C22H20ClN3O2/c1-28-18-12-19(24)20(25-13-18)14-2-6-16(7-3-14)22(10-11-22)26-21(27)15-4-8-17(23)9-5-15/h2-9,12-13H,10-11,24H2,1H3,(H,26,27). The van der Waals surface area contributed by atoms with Gasteiger partial charge in [0.2, 0.25) is 0 Å². The van der Waals surface area contributed by atoms with E-state index in [4.69, 9.17) is 22.1 Å². The SMILES string of the molecule is COc1cnc(-c2ccc(C3(NC(=O)c4ccc(Cl)cc4)CC3)cc2)c(N)c1. The van der Waals surface area contributed by atoms with Gasteiger partial charge in [-0.1, -0.05) is 35.9 Å². The van der Waals surface area contributed by atoms with E-state index >= 15 is 0 Å². The maximum atomic E-state index is 12.6. The Hall–Kier alpha value is -3.05. The number of nitrogens with one attached hydrogen (secondary N) is 1. The van der Waals surface area contributed by atoms with Crippen LogP contribution in [0.1, 0.15) is 28.8 Å². The van der Waals surface area contributed by atoms with Crippen LogP contribution in [0.5, 0.6) is 5.75 Å². The molecule has 1 aliphatic rings. The van der Waals surface area contributed by atoms with Crippen LogP contribution < -0.4 is 15.8 Å². The minimum atomic E-state index is -0.311. The molecule has 1 fully saturated rings. The van der Waals surface area contributed by atoms with E-state index in [9.17, 15) is 4.79 Å². The van der Waals surface area contributed by atoms with E-state index in [2.05, 4.69) is 10.3 Å². The van der Waals surface area contributed by atoms with Gasteiger partial charge in [-0.05, 0) is 42.7 Å². The molecule has 0 atom stereocenters. The Morgan fingerprint density at radius 2 is 1.82 bits per heavy atom. The fourth-order valence-electron chi connectivity index (χ4n) is 3.26. The van der Waals surface area contributed by atoms with Crippen molar-refractivity contribution in [3.8, 4) is 17.0 Å².